The van der Waals surface area contributed by atoms with E-state index < -0.39 is 18.2 Å². The Hall–Kier alpha value is -4.76. The SMILES string of the molecule is C#CCOCCOCCOCCNc1nc(N2CCN(C(=O)C(CCCC[NH3+])n3cc(CC(C)O)nn3)CC2)nc(N2CCN(C(=O)C(C(C)CC)n3cc(CCCC[NH3+])nn3)CC2)n1.[Cl-]. The van der Waals surface area contributed by atoms with Crippen molar-refractivity contribution >= 4 is 29.7 Å². The Balaban J connectivity index is 0.00000952. The van der Waals surface area contributed by atoms with Crippen molar-refractivity contribution in [2.45, 2.75) is 90.3 Å². The van der Waals surface area contributed by atoms with Crippen LogP contribution < -0.4 is 39.0 Å². The van der Waals surface area contributed by atoms with Gasteiger partial charge in [-0.25, -0.2) is 9.36 Å². The summed E-state index contributed by atoms with van der Waals surface area (Å²) in [5.41, 5.74) is 9.44. The maximum atomic E-state index is 14.2. The molecule has 3 aromatic rings. The van der Waals surface area contributed by atoms with Crippen LogP contribution in [0.15, 0.2) is 12.4 Å². The van der Waals surface area contributed by atoms with E-state index in [0.29, 0.717) is 128 Å². The fraction of sp³-hybridized carbons (Fsp3) is 0.744. The van der Waals surface area contributed by atoms with E-state index >= 15 is 0 Å². The molecule has 2 amide bonds. The number of carbonyl (C=O) groups is 2. The highest BCUT2D eigenvalue weighted by molar-refractivity contribution is 5.81. The number of anilines is 3. The predicted molar refractivity (Wildman–Crippen MR) is 242 cm³/mol. The number of carbonyl (C=O) groups excluding carboxylic acids is 2. The maximum Gasteiger partial charge on any atom is 0.247 e. The largest absolute Gasteiger partial charge is 1.00 e. The molecule has 5 heterocycles. The van der Waals surface area contributed by atoms with E-state index in [9.17, 15) is 14.7 Å². The highest BCUT2D eigenvalue weighted by Gasteiger charge is 2.35. The van der Waals surface area contributed by atoms with Gasteiger partial charge < -0.3 is 68.1 Å². The van der Waals surface area contributed by atoms with Gasteiger partial charge in [0.15, 0.2) is 0 Å². The third-order valence-corrected chi connectivity index (χ3v) is 11.7. The number of aliphatic hydroxyl groups excluding tert-OH is 1. The monoisotopic (exact) mass is 946 g/mol. The number of amides is 2. The molecule has 8 N–H and O–H groups in total. The van der Waals surface area contributed by atoms with E-state index in [1.54, 1.807) is 22.5 Å². The number of nitrogens with zero attached hydrogens (tertiary/aromatic N) is 13. The summed E-state index contributed by atoms with van der Waals surface area (Å²) in [6.45, 7) is 14.4. The Bertz CT molecular complexity index is 1900. The first kappa shape index (κ1) is 53.9. The van der Waals surface area contributed by atoms with Crippen molar-refractivity contribution in [1.29, 1.82) is 0 Å². The van der Waals surface area contributed by atoms with E-state index in [1.807, 2.05) is 16.0 Å². The molecule has 2 aliphatic heterocycles. The standard InChI is InChI=1S/C43H72N16O6.ClH/c1-5-24-63-26-28-65-29-27-64-25-15-46-41-47-42(56-20-16-54(17-21-56)39(61)37(12-8-10-14-45)58-32-36(51-52-58)30-34(4)60)49-43(48-41)57-22-18-55(19-23-57)40(62)38(33(3)6-2)59-31-35(50-53-59)11-7-9-13-44;/h1,31-34,37-38,60H,6-30,44-45H2,2-4H3,(H,46,47,48,49);1H/p+1. The van der Waals surface area contributed by atoms with Crippen LogP contribution >= 0.6 is 0 Å². The molecule has 2 fully saturated rings. The van der Waals surface area contributed by atoms with Gasteiger partial charge in [-0.2, -0.15) is 15.0 Å². The van der Waals surface area contributed by atoms with Gasteiger partial charge in [0.2, 0.25) is 29.7 Å². The third kappa shape index (κ3) is 16.5. The molecule has 0 aliphatic carbocycles. The highest BCUT2D eigenvalue weighted by Crippen LogP contribution is 2.26. The lowest BCUT2D eigenvalue weighted by Crippen LogP contribution is -3.00. The van der Waals surface area contributed by atoms with Crippen molar-refractivity contribution in [3.63, 3.8) is 0 Å². The first-order valence-electron chi connectivity index (χ1n) is 23.5. The zero-order chi connectivity index (χ0) is 46.4. The lowest BCUT2D eigenvalue weighted by atomic mass is 9.97. The Labute approximate surface area is 395 Å². The summed E-state index contributed by atoms with van der Waals surface area (Å²) < 4.78 is 20.0. The lowest BCUT2D eigenvalue weighted by Gasteiger charge is -2.38. The molecule has 0 spiro atoms. The van der Waals surface area contributed by atoms with E-state index in [2.05, 4.69) is 67.0 Å². The predicted octanol–water partition coefficient (Wildman–Crippen LogP) is -4.12. The van der Waals surface area contributed by atoms with Gasteiger partial charge in [0.1, 0.15) is 18.7 Å². The van der Waals surface area contributed by atoms with Crippen LogP contribution in [0.25, 0.3) is 0 Å². The molecule has 4 atom stereocenters. The van der Waals surface area contributed by atoms with Gasteiger partial charge in [0.05, 0.1) is 63.6 Å². The normalized spacial score (nSPS) is 16.1. The molecule has 22 nitrogen and oxygen atoms in total. The number of aliphatic hydroxyl groups is 1. The van der Waals surface area contributed by atoms with Gasteiger partial charge in [-0.15, -0.1) is 16.6 Å². The molecule has 0 aromatic carbocycles. The maximum absolute atomic E-state index is 14.2. The average molecular weight is 947 g/mol. The zero-order valence-corrected chi connectivity index (χ0v) is 40.1. The smallest absolute Gasteiger partial charge is 0.247 e. The zero-order valence-electron chi connectivity index (χ0n) is 39.3. The van der Waals surface area contributed by atoms with E-state index in [-0.39, 0.29) is 36.7 Å². The molecule has 4 unspecified atom stereocenters. The van der Waals surface area contributed by atoms with Crippen LogP contribution in [0.3, 0.4) is 0 Å². The van der Waals surface area contributed by atoms with Crippen molar-refractivity contribution < 1.29 is 52.8 Å². The van der Waals surface area contributed by atoms with Crippen molar-refractivity contribution in [1.82, 2.24) is 54.7 Å². The Morgan fingerprint density at radius 3 is 1.94 bits per heavy atom. The minimum atomic E-state index is -0.561. The van der Waals surface area contributed by atoms with Gasteiger partial charge in [0, 0.05) is 77.7 Å². The summed E-state index contributed by atoms with van der Waals surface area (Å²) in [6.07, 6.45) is 14.7. The number of quaternary nitrogens is 2. The number of piperazine rings is 2. The van der Waals surface area contributed by atoms with Crippen LogP contribution in [0.2, 0.25) is 0 Å². The fourth-order valence-corrected chi connectivity index (χ4v) is 7.81. The van der Waals surface area contributed by atoms with Gasteiger partial charge in [-0.3, -0.25) is 9.59 Å². The van der Waals surface area contributed by atoms with Crippen molar-refractivity contribution in [2.24, 2.45) is 5.92 Å². The summed E-state index contributed by atoms with van der Waals surface area (Å²) in [5, 5.41) is 30.6. The Morgan fingerprint density at radius 1 is 0.773 bits per heavy atom. The molecule has 0 saturated carbocycles. The second kappa shape index (κ2) is 29.1. The molecule has 66 heavy (non-hydrogen) atoms. The summed E-state index contributed by atoms with van der Waals surface area (Å²) in [7, 11) is 0. The van der Waals surface area contributed by atoms with Crippen LogP contribution in [0.4, 0.5) is 17.8 Å². The number of ether oxygens (including phenoxy) is 3. The lowest BCUT2D eigenvalue weighted by molar-refractivity contribution is -0.368. The van der Waals surface area contributed by atoms with Crippen LogP contribution in [-0.4, -0.2) is 189 Å². The molecular weight excluding hydrogens is 872 g/mol. The third-order valence-electron chi connectivity index (χ3n) is 11.7. The van der Waals surface area contributed by atoms with Crippen LogP contribution in [0, 0.1) is 18.3 Å². The number of nitrogens with one attached hydrogen (secondary N) is 1. The molecule has 368 valence electrons. The van der Waals surface area contributed by atoms with Gasteiger partial charge in [-0.05, 0) is 51.4 Å². The number of unbranched alkanes of at least 4 members (excludes halogenated alkanes) is 2. The number of halogens is 1. The van der Waals surface area contributed by atoms with E-state index in [1.165, 1.54) is 0 Å². The average Bonchev–Trinajstić information content (AvgIpc) is 3.99. The minimum Gasteiger partial charge on any atom is -1.00 e. The fourth-order valence-electron chi connectivity index (χ4n) is 7.81. The van der Waals surface area contributed by atoms with Gasteiger partial charge in [-0.1, -0.05) is 36.6 Å². The highest BCUT2D eigenvalue weighted by atomic mass is 35.5. The van der Waals surface area contributed by atoms with Crippen LogP contribution in [-0.2, 0) is 36.6 Å². The van der Waals surface area contributed by atoms with Crippen molar-refractivity contribution in [2.75, 3.05) is 127 Å². The number of rotatable bonds is 29. The number of aryl methyl sites for hydroxylation is 1. The summed E-state index contributed by atoms with van der Waals surface area (Å²) in [5.74, 6) is 3.95. The van der Waals surface area contributed by atoms with Crippen LogP contribution in [0.1, 0.15) is 82.8 Å². The number of terminal acetylenes is 1. The Morgan fingerprint density at radius 2 is 1.33 bits per heavy atom. The van der Waals surface area contributed by atoms with Crippen molar-refractivity contribution in [3.8, 4) is 12.3 Å². The first-order valence-corrected chi connectivity index (χ1v) is 23.5. The number of aromatic nitrogens is 9. The molecule has 3 aromatic heterocycles. The topological polar surface area (TPSA) is 262 Å². The quantitative estimate of drug-likeness (QED) is 0.0381. The van der Waals surface area contributed by atoms with Crippen LogP contribution in [0.5, 0.6) is 0 Å². The summed E-state index contributed by atoms with van der Waals surface area (Å²) in [6, 6.07) is -0.946. The molecule has 5 rings (SSSR count). The first-order chi connectivity index (χ1) is 31.6. The molecule has 2 aliphatic rings. The minimum absolute atomic E-state index is 0. The summed E-state index contributed by atoms with van der Waals surface area (Å²) in [4.78, 5) is 50.9. The second-order valence-electron chi connectivity index (χ2n) is 16.7. The van der Waals surface area contributed by atoms with Gasteiger partial charge in [0.25, 0.3) is 0 Å². The number of hydrogen-bond acceptors (Lipinski definition) is 16. The molecule has 2 saturated heterocycles. The molecular formula is C43H74ClN16O6+. The van der Waals surface area contributed by atoms with Gasteiger partial charge >= 0.3 is 0 Å². The van der Waals surface area contributed by atoms with E-state index in [4.69, 9.17) is 35.6 Å². The summed E-state index contributed by atoms with van der Waals surface area (Å²) >= 11 is 0. The molecule has 0 radical (unpaired) electrons. The van der Waals surface area contributed by atoms with E-state index in [0.717, 1.165) is 57.3 Å². The second-order valence-corrected chi connectivity index (χ2v) is 16.7. The molecule has 0 bridgehead atoms. The number of hydrogen-bond donors (Lipinski definition) is 4. The molecule has 23 heteroatoms. The Kier molecular flexibility index (Phi) is 23.7. The van der Waals surface area contributed by atoms with Crippen molar-refractivity contribution in [3.05, 3.63) is 23.8 Å².